The van der Waals surface area contributed by atoms with Crippen LogP contribution < -0.4 is 0 Å². The molecule has 118 valence electrons. The van der Waals surface area contributed by atoms with Crippen LogP contribution in [0.3, 0.4) is 0 Å². The first-order chi connectivity index (χ1) is 9.99. The van der Waals surface area contributed by atoms with Crippen molar-refractivity contribution in [2.75, 3.05) is 39.3 Å². The van der Waals surface area contributed by atoms with E-state index in [9.17, 15) is 14.7 Å². The Morgan fingerprint density at radius 1 is 1.05 bits per heavy atom. The van der Waals surface area contributed by atoms with Crippen LogP contribution >= 0.6 is 0 Å². The SMILES string of the molecule is CC1(C(=O)O)CCCN(C(=O)N2CCN(C3CC3)CC2)C1. The van der Waals surface area contributed by atoms with Crippen molar-refractivity contribution in [3.63, 3.8) is 0 Å². The van der Waals surface area contributed by atoms with Crippen LogP contribution in [0.1, 0.15) is 32.6 Å². The van der Waals surface area contributed by atoms with Crippen LogP contribution in [-0.4, -0.2) is 77.1 Å². The van der Waals surface area contributed by atoms with Gasteiger partial charge in [-0.05, 0) is 32.6 Å². The summed E-state index contributed by atoms with van der Waals surface area (Å²) >= 11 is 0. The second-order valence-electron chi connectivity index (χ2n) is 6.93. The number of piperazine rings is 1. The molecule has 1 atom stereocenters. The summed E-state index contributed by atoms with van der Waals surface area (Å²) in [6, 6.07) is 0.783. The first kappa shape index (κ1) is 14.6. The van der Waals surface area contributed by atoms with E-state index in [2.05, 4.69) is 4.90 Å². The van der Waals surface area contributed by atoms with Gasteiger partial charge in [0.1, 0.15) is 0 Å². The summed E-state index contributed by atoms with van der Waals surface area (Å²) < 4.78 is 0. The van der Waals surface area contributed by atoms with Crippen molar-refractivity contribution in [1.82, 2.24) is 14.7 Å². The Morgan fingerprint density at radius 3 is 2.29 bits per heavy atom. The molecule has 2 aliphatic heterocycles. The summed E-state index contributed by atoms with van der Waals surface area (Å²) in [4.78, 5) is 30.1. The lowest BCUT2D eigenvalue weighted by molar-refractivity contribution is -0.150. The standard InChI is InChI=1S/C15H25N3O3/c1-15(13(19)20)5-2-6-18(11-15)14(21)17-9-7-16(8-10-17)12-3-4-12/h12H,2-11H2,1H3,(H,19,20). The minimum Gasteiger partial charge on any atom is -0.481 e. The molecule has 0 radical (unpaired) electrons. The molecule has 6 nitrogen and oxygen atoms in total. The smallest absolute Gasteiger partial charge is 0.320 e. The first-order valence-electron chi connectivity index (χ1n) is 8.01. The summed E-state index contributed by atoms with van der Waals surface area (Å²) in [5.74, 6) is -0.793. The summed E-state index contributed by atoms with van der Waals surface area (Å²) in [6.07, 6.45) is 4.03. The number of amides is 2. The Balaban J connectivity index is 1.56. The Labute approximate surface area is 125 Å². The maximum Gasteiger partial charge on any atom is 0.320 e. The normalized spacial score (nSPS) is 31.3. The molecule has 6 heteroatoms. The highest BCUT2D eigenvalue weighted by Crippen LogP contribution is 2.31. The molecule has 3 aliphatic rings. The van der Waals surface area contributed by atoms with Gasteiger partial charge < -0.3 is 14.9 Å². The molecular weight excluding hydrogens is 270 g/mol. The summed E-state index contributed by atoms with van der Waals surface area (Å²) in [6.45, 7) is 6.24. The molecule has 3 rings (SSSR count). The van der Waals surface area contributed by atoms with E-state index >= 15 is 0 Å². The number of hydrogen-bond donors (Lipinski definition) is 1. The molecule has 0 bridgehead atoms. The molecule has 1 aliphatic carbocycles. The number of likely N-dealkylation sites (tertiary alicyclic amines) is 1. The minimum atomic E-state index is -0.793. The Kier molecular flexibility index (Phi) is 3.82. The van der Waals surface area contributed by atoms with E-state index in [1.807, 2.05) is 4.90 Å². The lowest BCUT2D eigenvalue weighted by Crippen LogP contribution is -2.56. The van der Waals surface area contributed by atoms with Crippen LogP contribution in [0, 0.1) is 5.41 Å². The Hall–Kier alpha value is -1.30. The molecule has 0 aromatic carbocycles. The monoisotopic (exact) mass is 295 g/mol. The van der Waals surface area contributed by atoms with E-state index in [0.29, 0.717) is 19.5 Å². The number of rotatable bonds is 2. The molecule has 21 heavy (non-hydrogen) atoms. The molecule has 0 aromatic rings. The van der Waals surface area contributed by atoms with Crippen LogP contribution in [0.25, 0.3) is 0 Å². The van der Waals surface area contributed by atoms with Crippen molar-refractivity contribution in [3.8, 4) is 0 Å². The van der Waals surface area contributed by atoms with Gasteiger partial charge in [-0.1, -0.05) is 0 Å². The lowest BCUT2D eigenvalue weighted by atomic mass is 9.82. The highest BCUT2D eigenvalue weighted by molar-refractivity contribution is 5.78. The highest BCUT2D eigenvalue weighted by atomic mass is 16.4. The largest absolute Gasteiger partial charge is 0.481 e. The Morgan fingerprint density at radius 2 is 1.71 bits per heavy atom. The van der Waals surface area contributed by atoms with E-state index in [1.54, 1.807) is 11.8 Å². The van der Waals surface area contributed by atoms with Crippen LogP contribution in [0.5, 0.6) is 0 Å². The number of carbonyl (C=O) groups excluding carboxylic acids is 1. The number of aliphatic carboxylic acids is 1. The molecule has 1 saturated carbocycles. The predicted molar refractivity (Wildman–Crippen MR) is 78.1 cm³/mol. The van der Waals surface area contributed by atoms with Gasteiger partial charge >= 0.3 is 12.0 Å². The van der Waals surface area contributed by atoms with E-state index in [0.717, 1.165) is 38.6 Å². The molecule has 3 fully saturated rings. The number of urea groups is 1. The third-order valence-corrected chi connectivity index (χ3v) is 5.13. The Bertz CT molecular complexity index is 430. The maximum absolute atomic E-state index is 12.6. The van der Waals surface area contributed by atoms with E-state index in [4.69, 9.17) is 0 Å². The van der Waals surface area contributed by atoms with Crippen molar-refractivity contribution in [1.29, 1.82) is 0 Å². The predicted octanol–water partition coefficient (Wildman–Crippen LogP) is 1.07. The van der Waals surface area contributed by atoms with Crippen molar-refractivity contribution in [3.05, 3.63) is 0 Å². The minimum absolute atomic E-state index is 0.0256. The number of piperidine rings is 1. The van der Waals surface area contributed by atoms with Crippen molar-refractivity contribution in [2.45, 2.75) is 38.6 Å². The van der Waals surface area contributed by atoms with Gasteiger partial charge in [0.05, 0.1) is 5.41 Å². The highest BCUT2D eigenvalue weighted by Gasteiger charge is 2.41. The molecule has 0 spiro atoms. The number of hydrogen-bond acceptors (Lipinski definition) is 3. The molecule has 1 N–H and O–H groups in total. The van der Waals surface area contributed by atoms with Gasteiger partial charge in [0.15, 0.2) is 0 Å². The van der Waals surface area contributed by atoms with Gasteiger partial charge in [0.2, 0.25) is 0 Å². The average molecular weight is 295 g/mol. The van der Waals surface area contributed by atoms with Crippen LogP contribution in [-0.2, 0) is 4.79 Å². The maximum atomic E-state index is 12.6. The van der Waals surface area contributed by atoms with E-state index in [-0.39, 0.29) is 6.03 Å². The topological polar surface area (TPSA) is 64.1 Å². The number of carboxylic acid groups (broad SMARTS) is 1. The third-order valence-electron chi connectivity index (χ3n) is 5.13. The molecule has 2 amide bonds. The first-order valence-corrected chi connectivity index (χ1v) is 8.01. The number of nitrogens with zero attached hydrogens (tertiary/aromatic N) is 3. The summed E-state index contributed by atoms with van der Waals surface area (Å²) in [7, 11) is 0. The van der Waals surface area contributed by atoms with Crippen molar-refractivity contribution >= 4 is 12.0 Å². The van der Waals surface area contributed by atoms with Gasteiger partial charge in [-0.2, -0.15) is 0 Å². The van der Waals surface area contributed by atoms with Crippen LogP contribution in [0.4, 0.5) is 4.79 Å². The fourth-order valence-corrected chi connectivity index (χ4v) is 3.50. The fraction of sp³-hybridized carbons (Fsp3) is 0.867. The van der Waals surface area contributed by atoms with Gasteiger partial charge in [-0.3, -0.25) is 9.69 Å². The number of carboxylic acids is 1. The second-order valence-corrected chi connectivity index (χ2v) is 6.93. The third kappa shape index (κ3) is 3.00. The zero-order valence-corrected chi connectivity index (χ0v) is 12.8. The van der Waals surface area contributed by atoms with Crippen molar-refractivity contribution in [2.24, 2.45) is 5.41 Å². The van der Waals surface area contributed by atoms with Gasteiger partial charge in [-0.25, -0.2) is 4.79 Å². The van der Waals surface area contributed by atoms with E-state index < -0.39 is 11.4 Å². The van der Waals surface area contributed by atoms with Gasteiger partial charge in [0.25, 0.3) is 0 Å². The molecule has 0 aromatic heterocycles. The quantitative estimate of drug-likeness (QED) is 0.828. The second kappa shape index (κ2) is 5.48. The zero-order valence-electron chi connectivity index (χ0n) is 12.8. The lowest BCUT2D eigenvalue weighted by Gasteiger charge is -2.42. The summed E-state index contributed by atoms with van der Waals surface area (Å²) in [5, 5.41) is 9.35. The average Bonchev–Trinajstić information content (AvgIpc) is 3.31. The van der Waals surface area contributed by atoms with Gasteiger partial charge in [0, 0.05) is 45.3 Å². The molecular formula is C15H25N3O3. The van der Waals surface area contributed by atoms with Crippen molar-refractivity contribution < 1.29 is 14.7 Å². The fourth-order valence-electron chi connectivity index (χ4n) is 3.50. The van der Waals surface area contributed by atoms with Crippen LogP contribution in [0.2, 0.25) is 0 Å². The van der Waals surface area contributed by atoms with Crippen LogP contribution in [0.15, 0.2) is 0 Å². The number of carbonyl (C=O) groups is 2. The molecule has 2 saturated heterocycles. The molecule has 2 heterocycles. The zero-order chi connectivity index (χ0) is 15.0. The summed E-state index contributed by atoms with van der Waals surface area (Å²) in [5.41, 5.74) is -0.788. The van der Waals surface area contributed by atoms with Gasteiger partial charge in [-0.15, -0.1) is 0 Å². The van der Waals surface area contributed by atoms with E-state index in [1.165, 1.54) is 12.8 Å². The molecule has 1 unspecified atom stereocenters.